The van der Waals surface area contributed by atoms with Crippen LogP contribution in [0.1, 0.15) is 44.1 Å². The largest absolute Gasteiger partial charge is 0.497 e. The molecule has 1 unspecified atom stereocenters. The highest BCUT2D eigenvalue weighted by Gasteiger charge is 2.14. The topological polar surface area (TPSA) is 50.4 Å². The highest BCUT2D eigenvalue weighted by atomic mass is 35.5. The molecule has 0 spiro atoms. The van der Waals surface area contributed by atoms with Gasteiger partial charge in [0.2, 0.25) is 5.91 Å². The van der Waals surface area contributed by atoms with Crippen LogP contribution < -0.4 is 15.4 Å². The van der Waals surface area contributed by atoms with Crippen LogP contribution in [0, 0.1) is 0 Å². The Morgan fingerprint density at radius 2 is 2.04 bits per heavy atom. The lowest BCUT2D eigenvalue weighted by Gasteiger charge is -2.11. The number of methoxy groups -OCH3 is 1. The van der Waals surface area contributed by atoms with Gasteiger partial charge in [0.15, 0.2) is 0 Å². The summed E-state index contributed by atoms with van der Waals surface area (Å²) in [6, 6.07) is 8.71. The minimum absolute atomic E-state index is 0. The Morgan fingerprint density at radius 3 is 2.70 bits per heavy atom. The number of unbranched alkanes of at least 4 members (excludes halogenated alkanes) is 2. The molecule has 1 aromatic carbocycles. The van der Waals surface area contributed by atoms with Crippen molar-refractivity contribution in [3.8, 4) is 5.75 Å². The SMILES string of the molecule is COc1ccc(CCCCCC(=O)NCC2CCCN2)cc1.Cl. The van der Waals surface area contributed by atoms with Gasteiger partial charge < -0.3 is 15.4 Å². The molecule has 0 aromatic heterocycles. The molecule has 4 nitrogen and oxygen atoms in total. The van der Waals surface area contributed by atoms with Gasteiger partial charge in [-0.2, -0.15) is 0 Å². The minimum atomic E-state index is 0. The van der Waals surface area contributed by atoms with Crippen molar-refractivity contribution in [3.63, 3.8) is 0 Å². The number of carbonyl (C=O) groups excluding carboxylic acids is 1. The van der Waals surface area contributed by atoms with Crippen LogP contribution in [0.15, 0.2) is 24.3 Å². The van der Waals surface area contributed by atoms with Gasteiger partial charge in [0.25, 0.3) is 0 Å². The first kappa shape index (κ1) is 19.8. The van der Waals surface area contributed by atoms with Crippen molar-refractivity contribution < 1.29 is 9.53 Å². The summed E-state index contributed by atoms with van der Waals surface area (Å²) in [5, 5.41) is 6.42. The second kappa shape index (κ2) is 11.3. The molecule has 0 aliphatic carbocycles. The Kier molecular flexibility index (Phi) is 9.72. The van der Waals surface area contributed by atoms with E-state index in [9.17, 15) is 4.79 Å². The summed E-state index contributed by atoms with van der Waals surface area (Å²) in [6.45, 7) is 1.87. The quantitative estimate of drug-likeness (QED) is 0.679. The molecule has 0 saturated carbocycles. The summed E-state index contributed by atoms with van der Waals surface area (Å²) < 4.78 is 5.15. The molecule has 1 amide bonds. The molecule has 1 fully saturated rings. The first-order valence-electron chi connectivity index (χ1n) is 8.41. The van der Waals surface area contributed by atoms with Gasteiger partial charge in [-0.3, -0.25) is 4.79 Å². The van der Waals surface area contributed by atoms with E-state index in [4.69, 9.17) is 4.74 Å². The van der Waals surface area contributed by atoms with Crippen LogP contribution in [0.2, 0.25) is 0 Å². The maximum atomic E-state index is 11.8. The molecule has 1 atom stereocenters. The predicted octanol–water partition coefficient (Wildman–Crippen LogP) is 3.09. The van der Waals surface area contributed by atoms with Crippen LogP contribution in [0.25, 0.3) is 0 Å². The van der Waals surface area contributed by atoms with Gasteiger partial charge in [-0.15, -0.1) is 12.4 Å². The highest BCUT2D eigenvalue weighted by Crippen LogP contribution is 2.14. The number of halogens is 1. The molecular formula is C18H29ClN2O2. The van der Waals surface area contributed by atoms with Crippen molar-refractivity contribution in [2.24, 2.45) is 0 Å². The van der Waals surface area contributed by atoms with E-state index < -0.39 is 0 Å². The summed E-state index contributed by atoms with van der Waals surface area (Å²) in [5.74, 6) is 1.09. The normalized spacial score (nSPS) is 16.7. The fraction of sp³-hybridized carbons (Fsp3) is 0.611. The van der Waals surface area contributed by atoms with Gasteiger partial charge >= 0.3 is 0 Å². The van der Waals surface area contributed by atoms with Crippen LogP contribution in [0.4, 0.5) is 0 Å². The molecule has 1 heterocycles. The number of amides is 1. The van der Waals surface area contributed by atoms with E-state index in [1.807, 2.05) is 12.1 Å². The van der Waals surface area contributed by atoms with E-state index in [1.54, 1.807) is 7.11 Å². The molecule has 2 N–H and O–H groups in total. The Morgan fingerprint density at radius 1 is 1.26 bits per heavy atom. The molecule has 5 heteroatoms. The van der Waals surface area contributed by atoms with Crippen LogP contribution >= 0.6 is 12.4 Å². The van der Waals surface area contributed by atoms with Crippen molar-refractivity contribution >= 4 is 18.3 Å². The summed E-state index contributed by atoms with van der Waals surface area (Å²) >= 11 is 0. The fourth-order valence-corrected chi connectivity index (χ4v) is 2.84. The van der Waals surface area contributed by atoms with Crippen LogP contribution in [-0.2, 0) is 11.2 Å². The number of ether oxygens (including phenoxy) is 1. The van der Waals surface area contributed by atoms with Crippen molar-refractivity contribution in [2.75, 3.05) is 20.2 Å². The standard InChI is InChI=1S/C18H28N2O2.ClH/c1-22-17-11-9-15(10-12-17)6-3-2-4-8-18(21)20-14-16-7-5-13-19-16;/h9-12,16,19H,2-8,13-14H2,1H3,(H,20,21);1H. The molecule has 1 aliphatic rings. The highest BCUT2D eigenvalue weighted by molar-refractivity contribution is 5.85. The first-order valence-corrected chi connectivity index (χ1v) is 8.41. The van der Waals surface area contributed by atoms with Crippen molar-refractivity contribution in [1.29, 1.82) is 0 Å². The van der Waals surface area contributed by atoms with E-state index in [-0.39, 0.29) is 18.3 Å². The number of nitrogens with one attached hydrogen (secondary N) is 2. The Balaban J connectivity index is 0.00000264. The first-order chi connectivity index (χ1) is 10.8. The number of benzene rings is 1. The van der Waals surface area contributed by atoms with Crippen LogP contribution in [0.3, 0.4) is 0 Å². The maximum absolute atomic E-state index is 11.8. The average Bonchev–Trinajstić information content (AvgIpc) is 3.06. The number of hydrogen-bond donors (Lipinski definition) is 2. The van der Waals surface area contributed by atoms with E-state index in [0.717, 1.165) is 44.5 Å². The van der Waals surface area contributed by atoms with Gasteiger partial charge in [0.05, 0.1) is 7.11 Å². The van der Waals surface area contributed by atoms with Gasteiger partial charge in [0, 0.05) is 19.0 Å². The zero-order valence-electron chi connectivity index (χ0n) is 14.0. The number of aryl methyl sites for hydroxylation is 1. The van der Waals surface area contributed by atoms with E-state index in [0.29, 0.717) is 12.5 Å². The van der Waals surface area contributed by atoms with Crippen molar-refractivity contribution in [1.82, 2.24) is 10.6 Å². The summed E-state index contributed by atoms with van der Waals surface area (Å²) in [6.07, 6.45) is 7.33. The van der Waals surface area contributed by atoms with Gasteiger partial charge in [-0.1, -0.05) is 18.6 Å². The molecule has 1 aliphatic heterocycles. The van der Waals surface area contributed by atoms with Crippen molar-refractivity contribution in [2.45, 2.75) is 51.0 Å². The molecule has 0 bridgehead atoms. The van der Waals surface area contributed by atoms with E-state index >= 15 is 0 Å². The Bertz CT molecular complexity index is 445. The predicted molar refractivity (Wildman–Crippen MR) is 96.4 cm³/mol. The van der Waals surface area contributed by atoms with Crippen LogP contribution in [-0.4, -0.2) is 32.1 Å². The Hall–Kier alpha value is -1.26. The second-order valence-electron chi connectivity index (χ2n) is 6.01. The second-order valence-corrected chi connectivity index (χ2v) is 6.01. The molecule has 130 valence electrons. The summed E-state index contributed by atoms with van der Waals surface area (Å²) in [7, 11) is 1.68. The smallest absolute Gasteiger partial charge is 0.220 e. The summed E-state index contributed by atoms with van der Waals surface area (Å²) in [5.41, 5.74) is 1.33. The molecule has 0 radical (unpaired) electrons. The lowest BCUT2D eigenvalue weighted by Crippen LogP contribution is -2.37. The lowest BCUT2D eigenvalue weighted by atomic mass is 10.1. The third kappa shape index (κ3) is 7.71. The Labute approximate surface area is 145 Å². The van der Waals surface area contributed by atoms with E-state index in [2.05, 4.69) is 22.8 Å². The average molecular weight is 341 g/mol. The number of rotatable bonds is 9. The zero-order chi connectivity index (χ0) is 15.6. The van der Waals surface area contributed by atoms with Gasteiger partial charge in [-0.05, 0) is 56.3 Å². The fourth-order valence-electron chi connectivity index (χ4n) is 2.84. The monoisotopic (exact) mass is 340 g/mol. The van der Waals surface area contributed by atoms with Crippen molar-refractivity contribution in [3.05, 3.63) is 29.8 Å². The molecule has 1 saturated heterocycles. The van der Waals surface area contributed by atoms with Crippen LogP contribution in [0.5, 0.6) is 5.75 Å². The molecule has 2 rings (SSSR count). The molecule has 1 aromatic rings. The maximum Gasteiger partial charge on any atom is 0.220 e. The molecular weight excluding hydrogens is 312 g/mol. The molecule has 23 heavy (non-hydrogen) atoms. The third-order valence-electron chi connectivity index (χ3n) is 4.24. The van der Waals surface area contributed by atoms with Gasteiger partial charge in [0.1, 0.15) is 5.75 Å². The third-order valence-corrected chi connectivity index (χ3v) is 4.24. The van der Waals surface area contributed by atoms with E-state index in [1.165, 1.54) is 18.4 Å². The van der Waals surface area contributed by atoms with Gasteiger partial charge in [-0.25, -0.2) is 0 Å². The number of carbonyl (C=O) groups is 1. The lowest BCUT2D eigenvalue weighted by molar-refractivity contribution is -0.121. The summed E-state index contributed by atoms with van der Waals surface area (Å²) in [4.78, 5) is 11.8. The minimum Gasteiger partial charge on any atom is -0.497 e. The zero-order valence-corrected chi connectivity index (χ0v) is 14.8. The number of hydrogen-bond acceptors (Lipinski definition) is 3.